The van der Waals surface area contributed by atoms with Crippen LogP contribution >= 0.6 is 0 Å². The van der Waals surface area contributed by atoms with Crippen molar-refractivity contribution in [2.75, 3.05) is 13.6 Å². The van der Waals surface area contributed by atoms with Crippen LogP contribution in [0.3, 0.4) is 0 Å². The number of hydrogen-bond acceptors (Lipinski definition) is 2. The van der Waals surface area contributed by atoms with E-state index in [1.165, 1.54) is 12.0 Å². The maximum absolute atomic E-state index is 6.30. The molecular formula is C15H26N2. The molecule has 0 radical (unpaired) electrons. The van der Waals surface area contributed by atoms with E-state index in [1.807, 2.05) is 6.07 Å². The number of hydrogen-bond donors (Lipinski definition) is 1. The standard InChI is InChI=1S/C15H26N2/c1-12(2)10-11-17(4)13(3)15(16)14-8-6-5-7-9-14/h5-9,12-13,15H,10-11,16H2,1-4H3. The average Bonchev–Trinajstić information content (AvgIpc) is 2.35. The first kappa shape index (κ1) is 14.2. The molecule has 0 fully saturated rings. The Bertz CT molecular complexity index is 308. The van der Waals surface area contributed by atoms with Crippen LogP contribution in [-0.2, 0) is 0 Å². The SMILES string of the molecule is CC(C)CCN(C)C(C)C(N)c1ccccc1. The number of likely N-dealkylation sites (N-methyl/N-ethyl adjacent to an activating group) is 1. The first-order chi connectivity index (χ1) is 8.02. The lowest BCUT2D eigenvalue weighted by Gasteiger charge is -2.30. The van der Waals surface area contributed by atoms with Gasteiger partial charge in [0.05, 0.1) is 0 Å². The summed E-state index contributed by atoms with van der Waals surface area (Å²) < 4.78 is 0. The Labute approximate surface area is 106 Å². The third-order valence-electron chi connectivity index (χ3n) is 3.46. The summed E-state index contributed by atoms with van der Waals surface area (Å²) in [5, 5.41) is 0. The molecule has 1 aromatic rings. The van der Waals surface area contributed by atoms with Crippen molar-refractivity contribution in [1.82, 2.24) is 4.90 Å². The van der Waals surface area contributed by atoms with Gasteiger partial charge in [-0.25, -0.2) is 0 Å². The van der Waals surface area contributed by atoms with E-state index in [0.29, 0.717) is 6.04 Å². The van der Waals surface area contributed by atoms with E-state index in [1.54, 1.807) is 0 Å². The fourth-order valence-corrected chi connectivity index (χ4v) is 1.89. The highest BCUT2D eigenvalue weighted by Crippen LogP contribution is 2.18. The smallest absolute Gasteiger partial charge is 0.0450 e. The van der Waals surface area contributed by atoms with Crippen LogP contribution in [0.4, 0.5) is 0 Å². The van der Waals surface area contributed by atoms with E-state index in [4.69, 9.17) is 5.73 Å². The molecule has 1 rings (SSSR count). The summed E-state index contributed by atoms with van der Waals surface area (Å²) in [7, 11) is 2.16. The minimum absolute atomic E-state index is 0.0911. The molecule has 0 saturated carbocycles. The zero-order valence-electron chi connectivity index (χ0n) is 11.6. The van der Waals surface area contributed by atoms with Gasteiger partial charge >= 0.3 is 0 Å². The number of benzene rings is 1. The van der Waals surface area contributed by atoms with Gasteiger partial charge in [-0.05, 0) is 38.4 Å². The Morgan fingerprint density at radius 3 is 2.24 bits per heavy atom. The van der Waals surface area contributed by atoms with Crippen LogP contribution < -0.4 is 5.73 Å². The molecule has 2 atom stereocenters. The predicted octanol–water partition coefficient (Wildman–Crippen LogP) is 3.05. The zero-order valence-corrected chi connectivity index (χ0v) is 11.6. The van der Waals surface area contributed by atoms with Gasteiger partial charge in [0.25, 0.3) is 0 Å². The van der Waals surface area contributed by atoms with Crippen LogP contribution in [0, 0.1) is 5.92 Å². The average molecular weight is 234 g/mol. The molecule has 0 aliphatic rings. The molecule has 2 nitrogen and oxygen atoms in total. The molecule has 0 aromatic heterocycles. The van der Waals surface area contributed by atoms with E-state index < -0.39 is 0 Å². The van der Waals surface area contributed by atoms with Crippen molar-refractivity contribution in [2.45, 2.75) is 39.3 Å². The molecule has 96 valence electrons. The maximum atomic E-state index is 6.30. The highest BCUT2D eigenvalue weighted by Gasteiger charge is 2.18. The highest BCUT2D eigenvalue weighted by atomic mass is 15.1. The maximum Gasteiger partial charge on any atom is 0.0450 e. The van der Waals surface area contributed by atoms with Crippen molar-refractivity contribution in [3.05, 3.63) is 35.9 Å². The van der Waals surface area contributed by atoms with E-state index in [-0.39, 0.29) is 6.04 Å². The van der Waals surface area contributed by atoms with Gasteiger partial charge in [-0.2, -0.15) is 0 Å². The highest BCUT2D eigenvalue weighted by molar-refractivity contribution is 5.19. The summed E-state index contributed by atoms with van der Waals surface area (Å²) in [4.78, 5) is 2.36. The molecule has 0 bridgehead atoms. The van der Waals surface area contributed by atoms with Crippen LogP contribution in [0.15, 0.2) is 30.3 Å². The van der Waals surface area contributed by atoms with Crippen molar-refractivity contribution >= 4 is 0 Å². The first-order valence-electron chi connectivity index (χ1n) is 6.53. The molecule has 0 heterocycles. The van der Waals surface area contributed by atoms with Gasteiger partial charge in [0.1, 0.15) is 0 Å². The van der Waals surface area contributed by atoms with Gasteiger partial charge in [-0.3, -0.25) is 0 Å². The first-order valence-corrected chi connectivity index (χ1v) is 6.53. The van der Waals surface area contributed by atoms with Crippen LogP contribution in [-0.4, -0.2) is 24.5 Å². The Balaban J connectivity index is 2.54. The molecule has 0 aliphatic heterocycles. The van der Waals surface area contributed by atoms with Crippen molar-refractivity contribution < 1.29 is 0 Å². The quantitative estimate of drug-likeness (QED) is 0.819. The summed E-state index contributed by atoms with van der Waals surface area (Å²) in [6.45, 7) is 7.84. The van der Waals surface area contributed by atoms with E-state index in [2.05, 4.69) is 57.0 Å². The third-order valence-corrected chi connectivity index (χ3v) is 3.46. The topological polar surface area (TPSA) is 29.3 Å². The molecule has 0 saturated heterocycles. The second-order valence-electron chi connectivity index (χ2n) is 5.34. The molecular weight excluding hydrogens is 208 g/mol. The van der Waals surface area contributed by atoms with E-state index in [0.717, 1.165) is 12.5 Å². The lowest BCUT2D eigenvalue weighted by molar-refractivity contribution is 0.216. The van der Waals surface area contributed by atoms with Gasteiger partial charge in [0.2, 0.25) is 0 Å². The Morgan fingerprint density at radius 1 is 1.12 bits per heavy atom. The zero-order chi connectivity index (χ0) is 12.8. The largest absolute Gasteiger partial charge is 0.323 e. The van der Waals surface area contributed by atoms with Crippen molar-refractivity contribution in [3.8, 4) is 0 Å². The van der Waals surface area contributed by atoms with Crippen LogP contribution in [0.5, 0.6) is 0 Å². The minimum atomic E-state index is 0.0911. The predicted molar refractivity (Wildman–Crippen MR) is 74.9 cm³/mol. The summed E-state index contributed by atoms with van der Waals surface area (Å²) in [6.07, 6.45) is 1.22. The van der Waals surface area contributed by atoms with Crippen LogP contribution in [0.1, 0.15) is 38.8 Å². The van der Waals surface area contributed by atoms with Crippen molar-refractivity contribution in [2.24, 2.45) is 11.7 Å². The molecule has 2 N–H and O–H groups in total. The van der Waals surface area contributed by atoms with E-state index in [9.17, 15) is 0 Å². The fourth-order valence-electron chi connectivity index (χ4n) is 1.89. The van der Waals surface area contributed by atoms with Crippen molar-refractivity contribution in [3.63, 3.8) is 0 Å². The third kappa shape index (κ3) is 4.49. The molecule has 0 aliphatic carbocycles. The minimum Gasteiger partial charge on any atom is -0.323 e. The molecule has 0 amide bonds. The summed E-state index contributed by atoms with van der Waals surface area (Å²) in [5.41, 5.74) is 7.52. The van der Waals surface area contributed by atoms with Gasteiger partial charge in [0.15, 0.2) is 0 Å². The van der Waals surface area contributed by atoms with Crippen LogP contribution in [0.2, 0.25) is 0 Å². The van der Waals surface area contributed by atoms with Gasteiger partial charge in [0, 0.05) is 12.1 Å². The molecule has 0 spiro atoms. The normalized spacial score (nSPS) is 15.2. The van der Waals surface area contributed by atoms with Gasteiger partial charge in [-0.1, -0.05) is 44.2 Å². The lowest BCUT2D eigenvalue weighted by atomic mass is 10.00. The van der Waals surface area contributed by atoms with E-state index >= 15 is 0 Å². The molecule has 17 heavy (non-hydrogen) atoms. The Hall–Kier alpha value is -0.860. The van der Waals surface area contributed by atoms with Crippen molar-refractivity contribution in [1.29, 1.82) is 0 Å². The van der Waals surface area contributed by atoms with Crippen LogP contribution in [0.25, 0.3) is 0 Å². The summed E-state index contributed by atoms with van der Waals surface area (Å²) in [5.74, 6) is 0.748. The number of nitrogens with zero attached hydrogens (tertiary/aromatic N) is 1. The van der Waals surface area contributed by atoms with Gasteiger partial charge < -0.3 is 10.6 Å². The number of nitrogens with two attached hydrogens (primary N) is 1. The second kappa shape index (κ2) is 6.77. The lowest BCUT2D eigenvalue weighted by Crippen LogP contribution is -2.39. The number of rotatable bonds is 6. The summed E-state index contributed by atoms with van der Waals surface area (Å²) in [6, 6.07) is 10.8. The molecule has 2 heteroatoms. The Morgan fingerprint density at radius 2 is 1.71 bits per heavy atom. The molecule has 2 unspecified atom stereocenters. The van der Waals surface area contributed by atoms with Gasteiger partial charge in [-0.15, -0.1) is 0 Å². The molecule has 1 aromatic carbocycles. The fraction of sp³-hybridized carbons (Fsp3) is 0.600. The Kier molecular flexibility index (Phi) is 5.66. The monoisotopic (exact) mass is 234 g/mol. The second-order valence-corrected chi connectivity index (χ2v) is 5.34. The summed E-state index contributed by atoms with van der Waals surface area (Å²) >= 11 is 0.